The third-order valence-corrected chi connectivity index (χ3v) is 2.13. The van der Waals surface area contributed by atoms with Crippen molar-refractivity contribution >= 4 is 11.9 Å². The fourth-order valence-corrected chi connectivity index (χ4v) is 0.934. The van der Waals surface area contributed by atoms with E-state index in [1.54, 1.807) is 14.1 Å². The zero-order chi connectivity index (χ0) is 12.7. The van der Waals surface area contributed by atoms with E-state index in [0.29, 0.717) is 13.1 Å². The summed E-state index contributed by atoms with van der Waals surface area (Å²) < 4.78 is 0. The number of hydrogen-bond acceptors (Lipinski definition) is 3. The zero-order valence-electron chi connectivity index (χ0n) is 10.4. The van der Waals surface area contributed by atoms with Crippen molar-refractivity contribution in [3.63, 3.8) is 0 Å². The predicted octanol–water partition coefficient (Wildman–Crippen LogP) is -0.643. The molecule has 94 valence electrons. The summed E-state index contributed by atoms with van der Waals surface area (Å²) in [4.78, 5) is 23.9. The molecule has 0 aromatic rings. The number of urea groups is 1. The lowest BCUT2D eigenvalue weighted by Crippen LogP contribution is -2.46. The summed E-state index contributed by atoms with van der Waals surface area (Å²) in [5, 5.41) is 5.30. The number of amides is 3. The van der Waals surface area contributed by atoms with Gasteiger partial charge in [0.15, 0.2) is 0 Å². The molecule has 6 heteroatoms. The highest BCUT2D eigenvalue weighted by atomic mass is 16.2. The molecule has 0 aliphatic heterocycles. The van der Waals surface area contributed by atoms with Crippen LogP contribution in [0.5, 0.6) is 0 Å². The molecule has 0 rings (SSSR count). The average molecular weight is 230 g/mol. The second kappa shape index (κ2) is 7.05. The Morgan fingerprint density at radius 2 is 1.69 bits per heavy atom. The van der Waals surface area contributed by atoms with Crippen molar-refractivity contribution in [2.24, 2.45) is 11.7 Å². The number of hydrogen-bond donors (Lipinski definition) is 3. The summed E-state index contributed by atoms with van der Waals surface area (Å²) in [6.07, 6.45) is 0. The standard InChI is InChI=1S/C10H22N4O2/c1-7(2)8(11)9(15)12-5-6-13-10(16)14(3)4/h7-8H,5-6,11H2,1-4H3,(H,12,15)(H,13,16)/t8-/m0/s1. The molecule has 4 N–H and O–H groups in total. The molecule has 0 aliphatic carbocycles. The van der Waals surface area contributed by atoms with Gasteiger partial charge in [-0.05, 0) is 5.92 Å². The van der Waals surface area contributed by atoms with Gasteiger partial charge in [0.25, 0.3) is 0 Å². The van der Waals surface area contributed by atoms with E-state index in [9.17, 15) is 9.59 Å². The Morgan fingerprint density at radius 1 is 1.19 bits per heavy atom. The van der Waals surface area contributed by atoms with E-state index in [-0.39, 0.29) is 17.9 Å². The van der Waals surface area contributed by atoms with Crippen LogP contribution in [0.25, 0.3) is 0 Å². The van der Waals surface area contributed by atoms with Gasteiger partial charge in [0.2, 0.25) is 5.91 Å². The Bertz CT molecular complexity index is 241. The summed E-state index contributed by atoms with van der Waals surface area (Å²) in [5.74, 6) is -0.0783. The molecule has 6 nitrogen and oxygen atoms in total. The van der Waals surface area contributed by atoms with Crippen LogP contribution in [0.1, 0.15) is 13.8 Å². The zero-order valence-corrected chi connectivity index (χ0v) is 10.4. The van der Waals surface area contributed by atoms with E-state index in [1.807, 2.05) is 13.8 Å². The third-order valence-electron chi connectivity index (χ3n) is 2.13. The Balaban J connectivity index is 3.67. The van der Waals surface area contributed by atoms with Crippen LogP contribution in [0.4, 0.5) is 4.79 Å². The minimum atomic E-state index is -0.496. The van der Waals surface area contributed by atoms with Crippen molar-refractivity contribution < 1.29 is 9.59 Å². The minimum absolute atomic E-state index is 0.108. The van der Waals surface area contributed by atoms with E-state index in [1.165, 1.54) is 4.90 Å². The first-order valence-corrected chi connectivity index (χ1v) is 5.34. The van der Waals surface area contributed by atoms with Gasteiger partial charge < -0.3 is 21.3 Å². The summed E-state index contributed by atoms with van der Waals surface area (Å²) >= 11 is 0. The number of rotatable bonds is 5. The van der Waals surface area contributed by atoms with Crippen molar-refractivity contribution in [3.05, 3.63) is 0 Å². The number of carbonyl (C=O) groups excluding carboxylic acids is 2. The molecule has 0 aromatic carbocycles. The van der Waals surface area contributed by atoms with Crippen molar-refractivity contribution in [2.45, 2.75) is 19.9 Å². The fourth-order valence-electron chi connectivity index (χ4n) is 0.934. The lowest BCUT2D eigenvalue weighted by atomic mass is 10.1. The van der Waals surface area contributed by atoms with Crippen LogP contribution in [0, 0.1) is 5.92 Å². The highest BCUT2D eigenvalue weighted by molar-refractivity contribution is 5.81. The number of nitrogens with two attached hydrogens (primary N) is 1. The van der Waals surface area contributed by atoms with Crippen molar-refractivity contribution in [1.29, 1.82) is 0 Å². The first-order chi connectivity index (χ1) is 7.36. The van der Waals surface area contributed by atoms with Crippen LogP contribution < -0.4 is 16.4 Å². The van der Waals surface area contributed by atoms with E-state index in [4.69, 9.17) is 5.73 Å². The lowest BCUT2D eigenvalue weighted by molar-refractivity contribution is -0.123. The van der Waals surface area contributed by atoms with Crippen LogP contribution in [0.2, 0.25) is 0 Å². The quantitative estimate of drug-likeness (QED) is 0.549. The van der Waals surface area contributed by atoms with E-state index < -0.39 is 6.04 Å². The van der Waals surface area contributed by atoms with Gasteiger partial charge in [-0.2, -0.15) is 0 Å². The van der Waals surface area contributed by atoms with Crippen molar-refractivity contribution in [2.75, 3.05) is 27.2 Å². The third kappa shape index (κ3) is 5.55. The van der Waals surface area contributed by atoms with Crippen LogP contribution in [-0.2, 0) is 4.79 Å². The Hall–Kier alpha value is -1.30. The first-order valence-electron chi connectivity index (χ1n) is 5.34. The molecule has 16 heavy (non-hydrogen) atoms. The summed E-state index contributed by atoms with van der Waals surface area (Å²) in [5.41, 5.74) is 5.64. The van der Waals surface area contributed by atoms with Gasteiger partial charge in [-0.1, -0.05) is 13.8 Å². The Labute approximate surface area is 96.5 Å². The minimum Gasteiger partial charge on any atom is -0.353 e. The maximum atomic E-state index is 11.4. The molecular weight excluding hydrogens is 208 g/mol. The molecule has 0 saturated heterocycles. The molecule has 0 spiro atoms. The van der Waals surface area contributed by atoms with Gasteiger partial charge in [0.05, 0.1) is 6.04 Å². The van der Waals surface area contributed by atoms with E-state index in [2.05, 4.69) is 10.6 Å². The summed E-state index contributed by atoms with van der Waals surface area (Å²) in [6.45, 7) is 4.56. The van der Waals surface area contributed by atoms with Crippen LogP contribution in [-0.4, -0.2) is 50.1 Å². The highest BCUT2D eigenvalue weighted by Crippen LogP contribution is 1.96. The predicted molar refractivity (Wildman–Crippen MR) is 62.9 cm³/mol. The molecule has 0 aromatic heterocycles. The maximum Gasteiger partial charge on any atom is 0.316 e. The van der Waals surface area contributed by atoms with Crippen LogP contribution in [0.3, 0.4) is 0 Å². The molecule has 0 heterocycles. The fraction of sp³-hybridized carbons (Fsp3) is 0.800. The molecule has 3 amide bonds. The van der Waals surface area contributed by atoms with E-state index in [0.717, 1.165) is 0 Å². The number of carbonyl (C=O) groups is 2. The summed E-state index contributed by atoms with van der Waals surface area (Å²) in [6, 6.07) is -0.674. The normalized spacial score (nSPS) is 12.1. The second-order valence-electron chi connectivity index (χ2n) is 4.19. The lowest BCUT2D eigenvalue weighted by Gasteiger charge is -2.16. The smallest absolute Gasteiger partial charge is 0.316 e. The van der Waals surface area contributed by atoms with Gasteiger partial charge in [-0.25, -0.2) is 4.79 Å². The van der Waals surface area contributed by atoms with E-state index >= 15 is 0 Å². The Kier molecular flexibility index (Phi) is 6.48. The molecular formula is C10H22N4O2. The number of nitrogens with zero attached hydrogens (tertiary/aromatic N) is 1. The molecule has 0 aliphatic rings. The van der Waals surface area contributed by atoms with Crippen LogP contribution in [0.15, 0.2) is 0 Å². The summed E-state index contributed by atoms with van der Waals surface area (Å²) in [7, 11) is 3.31. The van der Waals surface area contributed by atoms with Gasteiger partial charge in [-0.15, -0.1) is 0 Å². The largest absolute Gasteiger partial charge is 0.353 e. The van der Waals surface area contributed by atoms with Crippen molar-refractivity contribution in [1.82, 2.24) is 15.5 Å². The molecule has 0 bridgehead atoms. The number of nitrogens with one attached hydrogen (secondary N) is 2. The monoisotopic (exact) mass is 230 g/mol. The highest BCUT2D eigenvalue weighted by Gasteiger charge is 2.16. The molecule has 0 radical (unpaired) electrons. The van der Waals surface area contributed by atoms with Gasteiger partial charge in [-0.3, -0.25) is 4.79 Å². The van der Waals surface area contributed by atoms with Gasteiger partial charge in [0.1, 0.15) is 0 Å². The molecule has 0 saturated carbocycles. The Morgan fingerprint density at radius 3 is 2.12 bits per heavy atom. The molecule has 0 unspecified atom stereocenters. The van der Waals surface area contributed by atoms with Gasteiger partial charge in [0, 0.05) is 27.2 Å². The molecule has 1 atom stereocenters. The second-order valence-corrected chi connectivity index (χ2v) is 4.19. The van der Waals surface area contributed by atoms with Crippen LogP contribution >= 0.6 is 0 Å². The SMILES string of the molecule is CC(C)[C@H](N)C(=O)NCCNC(=O)N(C)C. The van der Waals surface area contributed by atoms with Crippen molar-refractivity contribution in [3.8, 4) is 0 Å². The maximum absolute atomic E-state index is 11.4. The topological polar surface area (TPSA) is 87.5 Å². The van der Waals surface area contributed by atoms with Gasteiger partial charge >= 0.3 is 6.03 Å². The molecule has 0 fully saturated rings. The first kappa shape index (κ1) is 14.7. The average Bonchev–Trinajstić information content (AvgIpc) is 2.22.